The van der Waals surface area contributed by atoms with Crippen molar-refractivity contribution in [2.45, 2.75) is 27.7 Å². The lowest BCUT2D eigenvalue weighted by atomic mass is 9.95. The maximum absolute atomic E-state index is 4.12. The van der Waals surface area contributed by atoms with Crippen LogP contribution < -0.4 is 0 Å². The highest BCUT2D eigenvalue weighted by molar-refractivity contribution is 5.67. The fourth-order valence-corrected chi connectivity index (χ4v) is 0.794. The lowest BCUT2D eigenvalue weighted by molar-refractivity contribution is 0.692. The van der Waals surface area contributed by atoms with Gasteiger partial charge < -0.3 is 0 Å². The summed E-state index contributed by atoms with van der Waals surface area (Å²) in [7, 11) is 0. The van der Waals surface area contributed by atoms with Crippen molar-refractivity contribution >= 4 is 6.21 Å². The van der Waals surface area contributed by atoms with Crippen LogP contribution in [-0.2, 0) is 0 Å². The first-order chi connectivity index (χ1) is 5.12. The van der Waals surface area contributed by atoms with Gasteiger partial charge >= 0.3 is 0 Å². The number of hydrogen-bond donors (Lipinski definition) is 0. The zero-order valence-corrected chi connectivity index (χ0v) is 7.83. The Kier molecular flexibility index (Phi) is 4.51. The highest BCUT2D eigenvalue weighted by Crippen LogP contribution is 2.13. The molecule has 1 nitrogen and oxygen atoms in total. The molecule has 0 fully saturated rings. The maximum Gasteiger partial charge on any atom is 0.0221 e. The van der Waals surface area contributed by atoms with E-state index in [2.05, 4.69) is 24.9 Å². The van der Waals surface area contributed by atoms with Gasteiger partial charge in [-0.3, -0.25) is 4.99 Å². The van der Waals surface area contributed by atoms with E-state index in [9.17, 15) is 0 Å². The van der Waals surface area contributed by atoms with Gasteiger partial charge in [-0.2, -0.15) is 0 Å². The Bertz CT molecular complexity index is 173. The van der Waals surface area contributed by atoms with Crippen LogP contribution in [0.1, 0.15) is 27.7 Å². The summed E-state index contributed by atoms with van der Waals surface area (Å²) in [4.78, 5) is 4.12. The summed E-state index contributed by atoms with van der Waals surface area (Å²) in [6, 6.07) is 0. The van der Waals surface area contributed by atoms with Gasteiger partial charge in [0, 0.05) is 17.8 Å². The topological polar surface area (TPSA) is 12.4 Å². The molecule has 1 heteroatoms. The van der Waals surface area contributed by atoms with Crippen molar-refractivity contribution in [3.8, 4) is 0 Å². The minimum absolute atomic E-state index is 0.0776. The Morgan fingerprint density at radius 2 is 1.73 bits per heavy atom. The lowest BCUT2D eigenvalue weighted by Crippen LogP contribution is -2.07. The molecule has 11 heavy (non-hydrogen) atoms. The molecular weight excluding hydrogens is 134 g/mol. The molecule has 0 spiro atoms. The van der Waals surface area contributed by atoms with Crippen molar-refractivity contribution in [2.75, 3.05) is 0 Å². The molecule has 0 atom stereocenters. The lowest BCUT2D eigenvalue weighted by Gasteiger charge is -2.11. The van der Waals surface area contributed by atoms with Gasteiger partial charge in [-0.1, -0.05) is 32.1 Å². The van der Waals surface area contributed by atoms with E-state index in [0.717, 1.165) is 0 Å². The van der Waals surface area contributed by atoms with E-state index < -0.39 is 0 Å². The van der Waals surface area contributed by atoms with Crippen LogP contribution in [0.5, 0.6) is 0 Å². The fraction of sp³-hybridized carbons (Fsp3) is 0.500. The van der Waals surface area contributed by atoms with Crippen molar-refractivity contribution in [3.05, 3.63) is 24.4 Å². The largest absolute Gasteiger partial charge is 0.269 e. The average molecular weight is 151 g/mol. The summed E-state index contributed by atoms with van der Waals surface area (Å²) in [6.07, 6.45) is 9.82. The van der Waals surface area contributed by atoms with Gasteiger partial charge in [-0.25, -0.2) is 0 Å². The van der Waals surface area contributed by atoms with E-state index in [0.29, 0.717) is 0 Å². The van der Waals surface area contributed by atoms with Crippen LogP contribution in [0, 0.1) is 5.41 Å². The highest BCUT2D eigenvalue weighted by Gasteiger charge is 2.07. The molecular formula is C10H17N. The summed E-state index contributed by atoms with van der Waals surface area (Å²) in [5, 5.41) is 0. The number of rotatable bonds is 3. The molecule has 0 aromatic carbocycles. The Morgan fingerprint density at radius 1 is 1.09 bits per heavy atom. The smallest absolute Gasteiger partial charge is 0.0221 e. The zero-order valence-electron chi connectivity index (χ0n) is 7.83. The average Bonchev–Trinajstić information content (AvgIpc) is 1.87. The van der Waals surface area contributed by atoms with Crippen molar-refractivity contribution < 1.29 is 0 Å². The first kappa shape index (κ1) is 10.2. The van der Waals surface area contributed by atoms with E-state index >= 15 is 0 Å². The molecule has 0 radical (unpaired) electrons. The zero-order chi connectivity index (χ0) is 8.74. The molecule has 62 valence electrons. The summed E-state index contributed by atoms with van der Waals surface area (Å²) in [5.41, 5.74) is 0.0776. The number of allylic oxidation sites excluding steroid dienone is 3. The van der Waals surface area contributed by atoms with Gasteiger partial charge in [0.05, 0.1) is 0 Å². The molecule has 0 rings (SSSR count). The SMILES string of the molecule is C/C=C\C(C)(C)C=N/C=C/C. The maximum atomic E-state index is 4.12. The molecule has 0 aliphatic carbocycles. The third-order valence-electron chi connectivity index (χ3n) is 1.24. The molecule has 0 aromatic rings. The van der Waals surface area contributed by atoms with Crippen LogP contribution in [0.15, 0.2) is 29.4 Å². The van der Waals surface area contributed by atoms with Gasteiger partial charge in [0.2, 0.25) is 0 Å². The van der Waals surface area contributed by atoms with E-state index in [1.54, 1.807) is 6.20 Å². The van der Waals surface area contributed by atoms with E-state index in [-0.39, 0.29) is 5.41 Å². The van der Waals surface area contributed by atoms with Crippen LogP contribution in [0.3, 0.4) is 0 Å². The van der Waals surface area contributed by atoms with Gasteiger partial charge in [0.1, 0.15) is 0 Å². The van der Waals surface area contributed by atoms with Crippen molar-refractivity contribution in [1.82, 2.24) is 0 Å². The third-order valence-corrected chi connectivity index (χ3v) is 1.24. The van der Waals surface area contributed by atoms with Crippen LogP contribution >= 0.6 is 0 Å². The fourth-order valence-electron chi connectivity index (χ4n) is 0.794. The van der Waals surface area contributed by atoms with Crippen LogP contribution in [0.4, 0.5) is 0 Å². The molecule has 0 amide bonds. The van der Waals surface area contributed by atoms with Crippen molar-refractivity contribution in [2.24, 2.45) is 10.4 Å². The minimum Gasteiger partial charge on any atom is -0.269 e. The van der Waals surface area contributed by atoms with Crippen molar-refractivity contribution in [3.63, 3.8) is 0 Å². The van der Waals surface area contributed by atoms with E-state index in [1.807, 2.05) is 32.2 Å². The van der Waals surface area contributed by atoms with Crippen LogP contribution in [-0.4, -0.2) is 6.21 Å². The summed E-state index contributed by atoms with van der Waals surface area (Å²) < 4.78 is 0. The molecule has 0 unspecified atom stereocenters. The molecule has 0 saturated carbocycles. The summed E-state index contributed by atoms with van der Waals surface area (Å²) in [6.45, 7) is 8.23. The first-order valence-corrected chi connectivity index (χ1v) is 3.92. The Labute approximate surface area is 69.5 Å². The normalized spacial score (nSPS) is 14.2. The first-order valence-electron chi connectivity index (χ1n) is 3.92. The highest BCUT2D eigenvalue weighted by atomic mass is 14.7. The third kappa shape index (κ3) is 5.59. The second-order valence-electron chi connectivity index (χ2n) is 3.08. The van der Waals surface area contributed by atoms with Crippen molar-refractivity contribution in [1.29, 1.82) is 0 Å². The molecule has 0 N–H and O–H groups in total. The number of nitrogens with zero attached hydrogens (tertiary/aromatic N) is 1. The summed E-state index contributed by atoms with van der Waals surface area (Å²) in [5.74, 6) is 0. The predicted octanol–water partition coefficient (Wildman–Crippen LogP) is 3.19. The van der Waals surface area contributed by atoms with E-state index in [1.165, 1.54) is 0 Å². The summed E-state index contributed by atoms with van der Waals surface area (Å²) >= 11 is 0. The number of hydrogen-bond acceptors (Lipinski definition) is 1. The standard InChI is InChI=1S/C10H17N/c1-5-7-10(3,4)9-11-8-6-2/h5-9H,1-4H3/b7-5-,8-6+,11-9?. The minimum atomic E-state index is 0.0776. The Morgan fingerprint density at radius 3 is 2.18 bits per heavy atom. The van der Waals surface area contributed by atoms with E-state index in [4.69, 9.17) is 0 Å². The second kappa shape index (κ2) is 4.89. The molecule has 0 saturated heterocycles. The molecule has 0 aromatic heterocycles. The second-order valence-corrected chi connectivity index (χ2v) is 3.08. The molecule has 0 bridgehead atoms. The predicted molar refractivity (Wildman–Crippen MR) is 51.9 cm³/mol. The van der Waals surface area contributed by atoms with Crippen LogP contribution in [0.25, 0.3) is 0 Å². The Balaban J connectivity index is 4.10. The monoisotopic (exact) mass is 151 g/mol. The van der Waals surface area contributed by atoms with Gasteiger partial charge in [0.15, 0.2) is 0 Å². The van der Waals surface area contributed by atoms with Crippen LogP contribution in [0.2, 0.25) is 0 Å². The number of aliphatic imine (C=N–C) groups is 1. The quantitative estimate of drug-likeness (QED) is 0.434. The molecule has 0 aliphatic rings. The van der Waals surface area contributed by atoms with Gasteiger partial charge in [-0.15, -0.1) is 0 Å². The van der Waals surface area contributed by atoms with Gasteiger partial charge in [0.25, 0.3) is 0 Å². The van der Waals surface area contributed by atoms with Gasteiger partial charge in [-0.05, 0) is 13.8 Å². The molecule has 0 aliphatic heterocycles. The Hall–Kier alpha value is -0.850. The molecule has 0 heterocycles.